The first-order chi connectivity index (χ1) is 9.60. The largest absolute Gasteiger partial charge is 0.444 e. The Labute approximate surface area is 128 Å². The fraction of sp³-hybridized carbons (Fsp3) is 0.400. The maximum atomic E-state index is 12.3. The minimum Gasteiger partial charge on any atom is -0.444 e. The van der Waals surface area contributed by atoms with Gasteiger partial charge in [0.25, 0.3) is 5.91 Å². The highest BCUT2D eigenvalue weighted by molar-refractivity contribution is 6.30. The van der Waals surface area contributed by atoms with Crippen LogP contribution in [0.4, 0.5) is 0 Å². The number of ether oxygens (including phenoxy) is 1. The molecule has 0 aliphatic rings. The van der Waals surface area contributed by atoms with Crippen LogP contribution in [-0.4, -0.2) is 29.3 Å². The van der Waals surface area contributed by atoms with E-state index in [0.29, 0.717) is 5.02 Å². The molecule has 0 fully saturated rings. The molecule has 0 aliphatic heterocycles. The van der Waals surface area contributed by atoms with Crippen molar-refractivity contribution in [3.05, 3.63) is 34.9 Å². The zero-order valence-corrected chi connectivity index (χ0v) is 13.2. The van der Waals surface area contributed by atoms with Crippen LogP contribution < -0.4 is 5.32 Å². The van der Waals surface area contributed by atoms with Crippen LogP contribution >= 0.6 is 11.6 Å². The smallest absolute Gasteiger partial charge is 0.303 e. The van der Waals surface area contributed by atoms with Crippen LogP contribution in [0, 0.1) is 0 Å². The van der Waals surface area contributed by atoms with Crippen LogP contribution in [0.2, 0.25) is 5.02 Å². The standard InChI is InChI=1S/C15H18ClNO4/c1-9(18)21-13(14(20)17-15(2,3)4)12(19)10-5-7-11(16)8-6-10/h5-8,13H,1-4H3,(H,17,20). The molecule has 0 bridgehead atoms. The first-order valence-corrected chi connectivity index (χ1v) is 6.77. The van der Waals surface area contributed by atoms with Crippen molar-refractivity contribution in [3.8, 4) is 0 Å². The number of hydrogen-bond acceptors (Lipinski definition) is 4. The van der Waals surface area contributed by atoms with E-state index in [4.69, 9.17) is 16.3 Å². The number of hydrogen-bond donors (Lipinski definition) is 1. The van der Waals surface area contributed by atoms with Gasteiger partial charge in [-0.25, -0.2) is 0 Å². The van der Waals surface area contributed by atoms with Gasteiger partial charge in [0.15, 0.2) is 0 Å². The summed E-state index contributed by atoms with van der Waals surface area (Å²) in [5.41, 5.74) is -0.301. The van der Waals surface area contributed by atoms with E-state index in [1.54, 1.807) is 20.8 Å². The number of Topliss-reactive ketones (excluding diaryl/α,β-unsaturated/α-hetero) is 1. The number of ketones is 1. The summed E-state index contributed by atoms with van der Waals surface area (Å²) in [6.45, 7) is 6.44. The van der Waals surface area contributed by atoms with Gasteiger partial charge in [-0.3, -0.25) is 14.4 Å². The van der Waals surface area contributed by atoms with Crippen molar-refractivity contribution >= 4 is 29.3 Å². The molecule has 0 saturated carbocycles. The molecule has 1 N–H and O–H groups in total. The number of esters is 1. The molecule has 0 saturated heterocycles. The van der Waals surface area contributed by atoms with Gasteiger partial charge in [-0.2, -0.15) is 0 Å². The van der Waals surface area contributed by atoms with Gasteiger partial charge in [0.05, 0.1) is 0 Å². The predicted molar refractivity (Wildman–Crippen MR) is 79.2 cm³/mol. The number of carbonyl (C=O) groups is 3. The molecule has 1 amide bonds. The average molecular weight is 312 g/mol. The Kier molecular flexibility index (Phi) is 5.49. The van der Waals surface area contributed by atoms with E-state index in [2.05, 4.69) is 5.32 Å². The normalized spacial score (nSPS) is 12.4. The SMILES string of the molecule is CC(=O)OC(C(=O)NC(C)(C)C)C(=O)c1ccc(Cl)cc1. The highest BCUT2D eigenvalue weighted by atomic mass is 35.5. The van der Waals surface area contributed by atoms with Gasteiger partial charge in [-0.05, 0) is 45.0 Å². The number of halogens is 1. The van der Waals surface area contributed by atoms with Crippen molar-refractivity contribution in [1.82, 2.24) is 5.32 Å². The third-order valence-corrected chi connectivity index (χ3v) is 2.64. The summed E-state index contributed by atoms with van der Waals surface area (Å²) >= 11 is 5.75. The lowest BCUT2D eigenvalue weighted by Crippen LogP contribution is -2.49. The lowest BCUT2D eigenvalue weighted by atomic mass is 10.0. The van der Waals surface area contributed by atoms with Crippen molar-refractivity contribution in [1.29, 1.82) is 0 Å². The van der Waals surface area contributed by atoms with Crippen molar-refractivity contribution in [3.63, 3.8) is 0 Å². The van der Waals surface area contributed by atoms with Crippen LogP contribution in [0.25, 0.3) is 0 Å². The summed E-state index contributed by atoms with van der Waals surface area (Å²) in [7, 11) is 0. The van der Waals surface area contributed by atoms with Crippen molar-refractivity contribution in [2.24, 2.45) is 0 Å². The monoisotopic (exact) mass is 311 g/mol. The molecule has 6 heteroatoms. The quantitative estimate of drug-likeness (QED) is 0.526. The molecule has 0 aliphatic carbocycles. The molecule has 1 unspecified atom stereocenters. The van der Waals surface area contributed by atoms with Crippen molar-refractivity contribution in [2.45, 2.75) is 39.3 Å². The topological polar surface area (TPSA) is 72.5 Å². The van der Waals surface area contributed by atoms with Crippen molar-refractivity contribution in [2.75, 3.05) is 0 Å². The summed E-state index contributed by atoms with van der Waals surface area (Å²) in [5, 5.41) is 3.09. The van der Waals surface area contributed by atoms with Gasteiger partial charge < -0.3 is 10.1 Å². The molecule has 0 heterocycles. The van der Waals surface area contributed by atoms with Gasteiger partial charge in [0, 0.05) is 23.0 Å². The molecule has 21 heavy (non-hydrogen) atoms. The summed E-state index contributed by atoms with van der Waals surface area (Å²) in [6.07, 6.45) is -1.51. The first kappa shape index (κ1) is 17.2. The Morgan fingerprint density at radius 2 is 1.67 bits per heavy atom. The van der Waals surface area contributed by atoms with E-state index in [1.807, 2.05) is 0 Å². The second-order valence-corrected chi connectivity index (χ2v) is 6.04. The second-order valence-electron chi connectivity index (χ2n) is 5.60. The van der Waals surface area contributed by atoms with E-state index in [9.17, 15) is 14.4 Å². The third kappa shape index (κ3) is 5.55. The number of nitrogens with one attached hydrogen (secondary N) is 1. The van der Waals surface area contributed by atoms with Crippen LogP contribution in [0.5, 0.6) is 0 Å². The highest BCUT2D eigenvalue weighted by Crippen LogP contribution is 2.13. The van der Waals surface area contributed by atoms with Gasteiger partial charge in [-0.15, -0.1) is 0 Å². The number of rotatable bonds is 4. The van der Waals surface area contributed by atoms with E-state index in [-0.39, 0.29) is 5.56 Å². The second kappa shape index (κ2) is 6.72. The number of benzene rings is 1. The van der Waals surface area contributed by atoms with Crippen LogP contribution in [0.3, 0.4) is 0 Å². The Morgan fingerprint density at radius 3 is 2.10 bits per heavy atom. The van der Waals surface area contributed by atoms with Crippen LogP contribution in [0.15, 0.2) is 24.3 Å². The minimum atomic E-state index is -1.51. The fourth-order valence-electron chi connectivity index (χ4n) is 1.59. The number of carbonyl (C=O) groups excluding carboxylic acids is 3. The van der Waals surface area contributed by atoms with Crippen LogP contribution in [0.1, 0.15) is 38.1 Å². The summed E-state index contributed by atoms with van der Waals surface area (Å²) in [4.78, 5) is 35.6. The van der Waals surface area contributed by atoms with Gasteiger partial charge in [0.1, 0.15) is 0 Å². The molecular formula is C15H18ClNO4. The Balaban J connectivity index is 3.01. The molecule has 1 aromatic carbocycles. The van der Waals surface area contributed by atoms with Crippen LogP contribution in [-0.2, 0) is 14.3 Å². The highest BCUT2D eigenvalue weighted by Gasteiger charge is 2.32. The molecule has 114 valence electrons. The maximum Gasteiger partial charge on any atom is 0.303 e. The predicted octanol–water partition coefficient (Wildman–Crippen LogP) is 2.37. The van der Waals surface area contributed by atoms with Gasteiger partial charge in [-0.1, -0.05) is 11.6 Å². The van der Waals surface area contributed by atoms with Crippen molar-refractivity contribution < 1.29 is 19.1 Å². The average Bonchev–Trinajstić information content (AvgIpc) is 2.33. The maximum absolute atomic E-state index is 12.3. The third-order valence-electron chi connectivity index (χ3n) is 2.39. The molecule has 5 nitrogen and oxygen atoms in total. The molecular weight excluding hydrogens is 294 g/mol. The van der Waals surface area contributed by atoms with Gasteiger partial charge in [0.2, 0.25) is 11.9 Å². The van der Waals surface area contributed by atoms with E-state index in [1.165, 1.54) is 24.3 Å². The molecule has 1 rings (SSSR count). The van der Waals surface area contributed by atoms with E-state index >= 15 is 0 Å². The van der Waals surface area contributed by atoms with E-state index in [0.717, 1.165) is 6.92 Å². The Hall–Kier alpha value is -1.88. The van der Waals surface area contributed by atoms with Gasteiger partial charge >= 0.3 is 5.97 Å². The molecule has 1 atom stereocenters. The lowest BCUT2D eigenvalue weighted by molar-refractivity contribution is -0.151. The van der Waals surface area contributed by atoms with E-state index < -0.39 is 29.3 Å². The molecule has 0 aromatic heterocycles. The minimum absolute atomic E-state index is 0.245. The molecule has 0 spiro atoms. The molecule has 1 aromatic rings. The Morgan fingerprint density at radius 1 is 1.14 bits per heavy atom. The Bertz CT molecular complexity index is 546. The zero-order chi connectivity index (χ0) is 16.2. The summed E-state index contributed by atoms with van der Waals surface area (Å²) in [5.74, 6) is -1.95. The fourth-order valence-corrected chi connectivity index (χ4v) is 1.72. The lowest BCUT2D eigenvalue weighted by Gasteiger charge is -2.24. The zero-order valence-electron chi connectivity index (χ0n) is 12.4. The summed E-state index contributed by atoms with van der Waals surface area (Å²) < 4.78 is 4.87. The molecule has 0 radical (unpaired) electrons. The first-order valence-electron chi connectivity index (χ1n) is 6.39. The summed E-state index contributed by atoms with van der Waals surface area (Å²) in [6, 6.07) is 6.01. The number of amides is 1.